The highest BCUT2D eigenvalue weighted by Gasteiger charge is 2.33. The van der Waals surface area contributed by atoms with Gasteiger partial charge in [-0.2, -0.15) is 0 Å². The van der Waals surface area contributed by atoms with Crippen LogP contribution < -0.4 is 18.9 Å². The topological polar surface area (TPSA) is 70.1 Å². The number of aromatic nitrogens is 1. The molecule has 7 heteroatoms. The largest absolute Gasteiger partial charge is 0.493 e. The minimum Gasteiger partial charge on any atom is -0.493 e. The maximum Gasteiger partial charge on any atom is 0.231 e. The Morgan fingerprint density at radius 1 is 1.12 bits per heavy atom. The molecule has 0 saturated heterocycles. The summed E-state index contributed by atoms with van der Waals surface area (Å²) in [5.74, 6) is 2.91. The van der Waals surface area contributed by atoms with Crippen molar-refractivity contribution in [2.45, 2.75) is 20.0 Å². The summed E-state index contributed by atoms with van der Waals surface area (Å²) in [6.07, 6.45) is 5.11. The van der Waals surface area contributed by atoms with Gasteiger partial charge in [-0.25, -0.2) is 0 Å². The first kappa shape index (κ1) is 21.0. The van der Waals surface area contributed by atoms with Crippen LogP contribution in [0.1, 0.15) is 32.6 Å². The first-order valence-electron chi connectivity index (χ1n) is 10.6. The third-order valence-corrected chi connectivity index (χ3v) is 5.84. The fraction of sp³-hybridized carbons (Fsp3) is 0.231. The van der Waals surface area contributed by atoms with Crippen molar-refractivity contribution in [3.8, 4) is 23.0 Å². The highest BCUT2D eigenvalue weighted by Crippen LogP contribution is 2.43. The van der Waals surface area contributed by atoms with Gasteiger partial charge in [0.15, 0.2) is 17.3 Å². The zero-order valence-corrected chi connectivity index (χ0v) is 18.8. The molecule has 2 aromatic carbocycles. The van der Waals surface area contributed by atoms with Gasteiger partial charge in [-0.15, -0.1) is 0 Å². The fourth-order valence-electron chi connectivity index (χ4n) is 4.25. The molecule has 0 amide bonds. The second kappa shape index (κ2) is 8.60. The van der Waals surface area contributed by atoms with E-state index in [0.717, 1.165) is 28.0 Å². The molecule has 2 aliphatic rings. The average Bonchev–Trinajstić information content (AvgIpc) is 3.15. The Labute approximate surface area is 192 Å². The van der Waals surface area contributed by atoms with E-state index in [1.165, 1.54) is 0 Å². The highest BCUT2D eigenvalue weighted by molar-refractivity contribution is 6.15. The molecule has 5 rings (SSSR count). The predicted molar refractivity (Wildman–Crippen MR) is 123 cm³/mol. The van der Waals surface area contributed by atoms with Gasteiger partial charge in [-0.1, -0.05) is 12.1 Å². The molecule has 1 aromatic heterocycles. The Bertz CT molecular complexity index is 1250. The number of carbonyl (C=O) groups is 1. The van der Waals surface area contributed by atoms with Crippen molar-refractivity contribution in [3.63, 3.8) is 0 Å². The number of ether oxygens (including phenoxy) is 4. The highest BCUT2D eigenvalue weighted by atomic mass is 16.5. The number of nitrogens with zero attached hydrogens (tertiary/aromatic N) is 2. The first-order valence-corrected chi connectivity index (χ1v) is 10.6. The van der Waals surface area contributed by atoms with E-state index in [9.17, 15) is 4.79 Å². The second-order valence-corrected chi connectivity index (χ2v) is 8.04. The van der Waals surface area contributed by atoms with Crippen LogP contribution in [0.3, 0.4) is 0 Å². The van der Waals surface area contributed by atoms with E-state index in [4.69, 9.17) is 18.9 Å². The van der Waals surface area contributed by atoms with Crippen molar-refractivity contribution in [2.24, 2.45) is 0 Å². The molecule has 0 spiro atoms. The van der Waals surface area contributed by atoms with Crippen molar-refractivity contribution < 1.29 is 23.7 Å². The molecule has 0 fully saturated rings. The van der Waals surface area contributed by atoms with Crippen LogP contribution in [-0.4, -0.2) is 36.6 Å². The van der Waals surface area contributed by atoms with Crippen molar-refractivity contribution in [3.05, 3.63) is 82.4 Å². The number of carbonyl (C=O) groups excluding carboxylic acids is 1. The Morgan fingerprint density at radius 2 is 1.97 bits per heavy atom. The molecule has 0 radical (unpaired) electrons. The van der Waals surface area contributed by atoms with Gasteiger partial charge in [0.2, 0.25) is 5.78 Å². The van der Waals surface area contributed by atoms with Crippen LogP contribution in [0.25, 0.3) is 6.08 Å². The van der Waals surface area contributed by atoms with Crippen molar-refractivity contribution in [1.82, 2.24) is 9.88 Å². The van der Waals surface area contributed by atoms with E-state index < -0.39 is 0 Å². The number of allylic oxidation sites excluding steroid dienone is 1. The van der Waals surface area contributed by atoms with Crippen LogP contribution in [0, 0.1) is 6.92 Å². The van der Waals surface area contributed by atoms with Gasteiger partial charge in [-0.3, -0.25) is 14.7 Å². The summed E-state index contributed by atoms with van der Waals surface area (Å²) in [6.45, 7) is 3.70. The SMILES string of the molecule is COc1ccc(CN2COc3c(cc4c(c3C)O/C(=C\c3cccnc3)C4=O)C2)cc1OC. The summed E-state index contributed by atoms with van der Waals surface area (Å²) in [7, 11) is 3.25. The summed E-state index contributed by atoms with van der Waals surface area (Å²) in [5.41, 5.74) is 4.28. The summed E-state index contributed by atoms with van der Waals surface area (Å²) in [6, 6.07) is 11.5. The molecule has 3 heterocycles. The molecule has 7 nitrogen and oxygen atoms in total. The summed E-state index contributed by atoms with van der Waals surface area (Å²) >= 11 is 0. The molecule has 168 valence electrons. The van der Waals surface area contributed by atoms with E-state index in [-0.39, 0.29) is 5.78 Å². The average molecular weight is 444 g/mol. The van der Waals surface area contributed by atoms with Gasteiger partial charge in [0.25, 0.3) is 0 Å². The van der Waals surface area contributed by atoms with Gasteiger partial charge in [0.1, 0.15) is 18.2 Å². The summed E-state index contributed by atoms with van der Waals surface area (Å²) in [5, 5.41) is 0. The normalized spacial score (nSPS) is 16.1. The number of fused-ring (bicyclic) bond motifs is 2. The number of rotatable bonds is 5. The lowest BCUT2D eigenvalue weighted by Gasteiger charge is -2.30. The molecule has 33 heavy (non-hydrogen) atoms. The maximum atomic E-state index is 13.0. The van der Waals surface area contributed by atoms with E-state index in [2.05, 4.69) is 9.88 Å². The number of Topliss-reactive ketones (excluding diaryl/α,β-unsaturated/α-hetero) is 1. The van der Waals surface area contributed by atoms with Crippen molar-refractivity contribution in [1.29, 1.82) is 0 Å². The van der Waals surface area contributed by atoms with Gasteiger partial charge >= 0.3 is 0 Å². The summed E-state index contributed by atoms with van der Waals surface area (Å²) < 4.78 is 22.8. The van der Waals surface area contributed by atoms with E-state index >= 15 is 0 Å². The molecule has 2 aliphatic heterocycles. The number of methoxy groups -OCH3 is 2. The molecule has 0 N–H and O–H groups in total. The van der Waals surface area contributed by atoms with Gasteiger partial charge in [-0.05, 0) is 48.4 Å². The molecule has 3 aromatic rings. The number of hydrogen-bond acceptors (Lipinski definition) is 7. The summed E-state index contributed by atoms with van der Waals surface area (Å²) in [4.78, 5) is 19.3. The van der Waals surface area contributed by atoms with Gasteiger partial charge in [0, 0.05) is 36.6 Å². The number of benzene rings is 2. The lowest BCUT2D eigenvalue weighted by Crippen LogP contribution is -2.32. The zero-order chi connectivity index (χ0) is 22.9. The van der Waals surface area contributed by atoms with Crippen LogP contribution in [0.5, 0.6) is 23.0 Å². The Hall–Kier alpha value is -3.84. The molecule has 0 aliphatic carbocycles. The third-order valence-electron chi connectivity index (χ3n) is 5.84. The Kier molecular flexibility index (Phi) is 5.48. The van der Waals surface area contributed by atoms with E-state index in [1.54, 1.807) is 32.7 Å². The van der Waals surface area contributed by atoms with Crippen LogP contribution in [-0.2, 0) is 13.1 Å². The maximum absolute atomic E-state index is 13.0. The number of ketones is 1. The van der Waals surface area contributed by atoms with E-state index in [1.807, 2.05) is 43.3 Å². The zero-order valence-electron chi connectivity index (χ0n) is 18.8. The van der Waals surface area contributed by atoms with Gasteiger partial charge < -0.3 is 18.9 Å². The molecular weight excluding hydrogens is 420 g/mol. The van der Waals surface area contributed by atoms with Gasteiger partial charge in [0.05, 0.1) is 19.8 Å². The quantitative estimate of drug-likeness (QED) is 0.541. The fourth-order valence-corrected chi connectivity index (χ4v) is 4.25. The molecule has 0 saturated carbocycles. The first-order chi connectivity index (χ1) is 16.1. The van der Waals surface area contributed by atoms with Crippen molar-refractivity contribution in [2.75, 3.05) is 21.0 Å². The molecule has 0 unspecified atom stereocenters. The monoisotopic (exact) mass is 444 g/mol. The minimum atomic E-state index is -0.128. The van der Waals surface area contributed by atoms with Crippen LogP contribution >= 0.6 is 0 Å². The number of pyridine rings is 1. The number of hydrogen-bond donors (Lipinski definition) is 0. The Morgan fingerprint density at radius 3 is 2.73 bits per heavy atom. The van der Waals surface area contributed by atoms with Crippen LogP contribution in [0.2, 0.25) is 0 Å². The lowest BCUT2D eigenvalue weighted by atomic mass is 10.00. The predicted octanol–water partition coefficient (Wildman–Crippen LogP) is 4.38. The second-order valence-electron chi connectivity index (χ2n) is 8.04. The molecule has 0 bridgehead atoms. The van der Waals surface area contributed by atoms with Crippen molar-refractivity contribution >= 4 is 11.9 Å². The minimum absolute atomic E-state index is 0.128. The third kappa shape index (κ3) is 3.91. The van der Waals surface area contributed by atoms with E-state index in [0.29, 0.717) is 48.4 Å². The lowest BCUT2D eigenvalue weighted by molar-refractivity contribution is 0.0876. The molecule has 0 atom stereocenters. The molecular formula is C26H24N2O5. The Balaban J connectivity index is 1.39. The smallest absolute Gasteiger partial charge is 0.231 e. The van der Waals surface area contributed by atoms with Crippen LogP contribution in [0.4, 0.5) is 0 Å². The standard InChI is InChI=1S/C26H24N2O5/c1-16-25-19(11-20-24(29)23(33-26(16)20)9-17-5-4-8-27-12-17)14-28(15-32-25)13-18-6-7-21(30-2)22(10-18)31-3/h4-12H,13-15H2,1-3H3/b23-9-. The van der Waals surface area contributed by atoms with Crippen LogP contribution in [0.15, 0.2) is 54.6 Å².